The van der Waals surface area contributed by atoms with E-state index < -0.39 is 21.5 Å². The summed E-state index contributed by atoms with van der Waals surface area (Å²) in [6, 6.07) is 3.21. The van der Waals surface area contributed by atoms with Crippen LogP contribution in [-0.4, -0.2) is 26.5 Å². The Hall–Kier alpha value is -0.920. The maximum Gasteiger partial charge on any atom is 0.327 e. The Kier molecular flexibility index (Phi) is 4.82. The SMILES string of the molecule is CCOC(=O)C1(NS(=O)(=O)c2cccs2)CCCCC1. The second-order valence-electron chi connectivity index (χ2n) is 4.90. The van der Waals surface area contributed by atoms with Gasteiger partial charge in [-0.2, -0.15) is 4.72 Å². The van der Waals surface area contributed by atoms with Gasteiger partial charge in [0.2, 0.25) is 0 Å². The van der Waals surface area contributed by atoms with Gasteiger partial charge in [-0.25, -0.2) is 8.42 Å². The molecule has 1 heterocycles. The Morgan fingerprint density at radius 1 is 1.40 bits per heavy atom. The summed E-state index contributed by atoms with van der Waals surface area (Å²) in [4.78, 5) is 12.2. The van der Waals surface area contributed by atoms with E-state index in [4.69, 9.17) is 4.74 Å². The second kappa shape index (κ2) is 6.24. The fourth-order valence-corrected chi connectivity index (χ4v) is 4.90. The highest BCUT2D eigenvalue weighted by molar-refractivity contribution is 7.91. The summed E-state index contributed by atoms with van der Waals surface area (Å²) < 4.78 is 32.7. The van der Waals surface area contributed by atoms with Crippen molar-refractivity contribution in [1.82, 2.24) is 4.72 Å². The first-order valence-corrected chi connectivity index (χ1v) is 9.11. The number of nitrogens with one attached hydrogen (secondary N) is 1. The summed E-state index contributed by atoms with van der Waals surface area (Å²) in [6.07, 6.45) is 3.66. The maximum absolute atomic E-state index is 12.4. The van der Waals surface area contributed by atoms with Gasteiger partial charge < -0.3 is 4.74 Å². The Balaban J connectivity index is 2.26. The number of thiophene rings is 1. The molecule has 0 aromatic carbocycles. The van der Waals surface area contributed by atoms with Gasteiger partial charge in [0, 0.05) is 0 Å². The molecule has 1 fully saturated rings. The molecule has 1 aliphatic carbocycles. The molecule has 1 aromatic rings. The van der Waals surface area contributed by atoms with Crippen LogP contribution >= 0.6 is 11.3 Å². The smallest absolute Gasteiger partial charge is 0.327 e. The van der Waals surface area contributed by atoms with Crippen molar-refractivity contribution < 1.29 is 17.9 Å². The fourth-order valence-electron chi connectivity index (χ4n) is 2.50. The van der Waals surface area contributed by atoms with Crippen LogP contribution in [-0.2, 0) is 19.6 Å². The third kappa shape index (κ3) is 3.21. The van der Waals surface area contributed by atoms with Crippen LogP contribution in [0.3, 0.4) is 0 Å². The van der Waals surface area contributed by atoms with E-state index in [0.717, 1.165) is 30.6 Å². The molecule has 1 N–H and O–H groups in total. The van der Waals surface area contributed by atoms with Crippen molar-refractivity contribution in [1.29, 1.82) is 0 Å². The summed E-state index contributed by atoms with van der Waals surface area (Å²) in [5.74, 6) is -0.458. The topological polar surface area (TPSA) is 72.5 Å². The number of hydrogen-bond donors (Lipinski definition) is 1. The van der Waals surface area contributed by atoms with Gasteiger partial charge in [-0.05, 0) is 31.2 Å². The van der Waals surface area contributed by atoms with E-state index in [-0.39, 0.29) is 10.8 Å². The Morgan fingerprint density at radius 3 is 2.65 bits per heavy atom. The quantitative estimate of drug-likeness (QED) is 0.846. The molecule has 5 nitrogen and oxygen atoms in total. The molecule has 0 aliphatic heterocycles. The molecule has 2 rings (SSSR count). The van der Waals surface area contributed by atoms with Gasteiger partial charge in [-0.3, -0.25) is 4.79 Å². The van der Waals surface area contributed by atoms with Crippen LogP contribution in [0.2, 0.25) is 0 Å². The lowest BCUT2D eigenvalue weighted by Crippen LogP contribution is -2.56. The van der Waals surface area contributed by atoms with E-state index in [1.165, 1.54) is 6.07 Å². The molecule has 0 unspecified atom stereocenters. The monoisotopic (exact) mass is 317 g/mol. The minimum absolute atomic E-state index is 0.228. The van der Waals surface area contributed by atoms with Crippen LogP contribution in [0.5, 0.6) is 0 Å². The van der Waals surface area contributed by atoms with Crippen LogP contribution in [0.15, 0.2) is 21.7 Å². The molecule has 1 aliphatic rings. The van der Waals surface area contributed by atoms with Gasteiger partial charge >= 0.3 is 5.97 Å². The van der Waals surface area contributed by atoms with Gasteiger partial charge in [-0.15, -0.1) is 11.3 Å². The Bertz CT molecular complexity index is 545. The van der Waals surface area contributed by atoms with Crippen LogP contribution < -0.4 is 4.72 Å². The predicted molar refractivity (Wildman–Crippen MR) is 77.1 cm³/mol. The normalized spacial score (nSPS) is 18.6. The summed E-state index contributed by atoms with van der Waals surface area (Å²) in [6.45, 7) is 1.98. The van der Waals surface area contributed by atoms with Crippen LogP contribution in [0.1, 0.15) is 39.0 Å². The van der Waals surface area contributed by atoms with Gasteiger partial charge in [0.1, 0.15) is 9.75 Å². The molecule has 20 heavy (non-hydrogen) atoms. The Labute approximate surface area is 123 Å². The van der Waals surface area contributed by atoms with Crippen molar-refractivity contribution >= 4 is 27.3 Å². The molecule has 1 saturated carbocycles. The van der Waals surface area contributed by atoms with Crippen LogP contribution in [0.25, 0.3) is 0 Å². The Morgan fingerprint density at radius 2 is 2.10 bits per heavy atom. The van der Waals surface area contributed by atoms with E-state index in [2.05, 4.69) is 4.72 Å². The van der Waals surface area contributed by atoms with Crippen molar-refractivity contribution in [2.45, 2.75) is 48.8 Å². The number of rotatable bonds is 5. The molecule has 0 spiro atoms. The average molecular weight is 317 g/mol. The van der Waals surface area contributed by atoms with Crippen LogP contribution in [0, 0.1) is 0 Å². The standard InChI is InChI=1S/C13H19NO4S2/c1-2-18-12(15)13(8-4-3-5-9-13)14-20(16,17)11-7-6-10-19-11/h6-7,10,14H,2-5,8-9H2,1H3. The average Bonchev–Trinajstić information content (AvgIpc) is 2.94. The van der Waals surface area contributed by atoms with Gasteiger partial charge in [0.05, 0.1) is 6.61 Å². The first-order valence-electron chi connectivity index (χ1n) is 6.75. The maximum atomic E-state index is 12.4. The zero-order chi connectivity index (χ0) is 14.6. The molecule has 7 heteroatoms. The van der Waals surface area contributed by atoms with E-state index in [1.54, 1.807) is 18.4 Å². The molecule has 0 radical (unpaired) electrons. The number of sulfonamides is 1. The lowest BCUT2D eigenvalue weighted by Gasteiger charge is -2.34. The van der Waals surface area contributed by atoms with Gasteiger partial charge in [0.15, 0.2) is 0 Å². The van der Waals surface area contributed by atoms with Gasteiger partial charge in [0.25, 0.3) is 10.0 Å². The fraction of sp³-hybridized carbons (Fsp3) is 0.615. The van der Waals surface area contributed by atoms with Crippen molar-refractivity contribution in [2.75, 3.05) is 6.61 Å². The third-order valence-corrected chi connectivity index (χ3v) is 6.40. The lowest BCUT2D eigenvalue weighted by atomic mass is 9.83. The van der Waals surface area contributed by atoms with E-state index in [9.17, 15) is 13.2 Å². The van der Waals surface area contributed by atoms with Crippen molar-refractivity contribution in [3.63, 3.8) is 0 Å². The zero-order valence-corrected chi connectivity index (χ0v) is 13.1. The number of ether oxygens (including phenoxy) is 1. The van der Waals surface area contributed by atoms with E-state index in [0.29, 0.717) is 12.8 Å². The third-order valence-electron chi connectivity index (χ3n) is 3.46. The number of carbonyl (C=O) groups is 1. The predicted octanol–water partition coefficient (Wildman–Crippen LogP) is 2.29. The zero-order valence-electron chi connectivity index (χ0n) is 11.4. The first kappa shape index (κ1) is 15.5. The van der Waals surface area contributed by atoms with E-state index in [1.807, 2.05) is 0 Å². The van der Waals surface area contributed by atoms with Crippen molar-refractivity contribution in [2.24, 2.45) is 0 Å². The summed E-state index contributed by atoms with van der Waals surface area (Å²) in [5.41, 5.74) is -1.10. The molecular formula is C13H19NO4S2. The first-order chi connectivity index (χ1) is 9.50. The summed E-state index contributed by atoms with van der Waals surface area (Å²) >= 11 is 1.14. The highest BCUT2D eigenvalue weighted by atomic mass is 32.2. The highest BCUT2D eigenvalue weighted by Gasteiger charge is 2.44. The molecule has 0 saturated heterocycles. The molecule has 1 aromatic heterocycles. The van der Waals surface area contributed by atoms with Gasteiger partial charge in [-0.1, -0.05) is 25.3 Å². The molecule has 112 valence electrons. The number of esters is 1. The lowest BCUT2D eigenvalue weighted by molar-refractivity contribution is -0.151. The van der Waals surface area contributed by atoms with Crippen LogP contribution in [0.4, 0.5) is 0 Å². The molecular weight excluding hydrogens is 298 g/mol. The molecule has 0 amide bonds. The van der Waals surface area contributed by atoms with Crippen molar-refractivity contribution in [3.05, 3.63) is 17.5 Å². The molecule has 0 bridgehead atoms. The molecule has 0 atom stereocenters. The highest BCUT2D eigenvalue weighted by Crippen LogP contribution is 2.31. The number of carbonyl (C=O) groups excluding carboxylic acids is 1. The van der Waals surface area contributed by atoms with Crippen molar-refractivity contribution in [3.8, 4) is 0 Å². The second-order valence-corrected chi connectivity index (χ2v) is 7.76. The van der Waals surface area contributed by atoms with E-state index >= 15 is 0 Å². The summed E-state index contributed by atoms with van der Waals surface area (Å²) in [5, 5.41) is 1.70. The largest absolute Gasteiger partial charge is 0.465 e. The minimum atomic E-state index is -3.67. The number of hydrogen-bond acceptors (Lipinski definition) is 5. The summed E-state index contributed by atoms with van der Waals surface area (Å²) in [7, 11) is -3.67. The minimum Gasteiger partial charge on any atom is -0.465 e.